The molecule has 1 aliphatic heterocycles. The van der Waals surface area contributed by atoms with E-state index >= 15 is 0 Å². The van der Waals surface area contributed by atoms with Crippen molar-refractivity contribution in [1.82, 2.24) is 24.9 Å². The lowest BCUT2D eigenvalue weighted by molar-refractivity contribution is 0.495. The van der Waals surface area contributed by atoms with Gasteiger partial charge in [-0.3, -0.25) is 0 Å². The summed E-state index contributed by atoms with van der Waals surface area (Å²) < 4.78 is 0. The topological polar surface area (TPSA) is 93.5 Å². The van der Waals surface area contributed by atoms with Crippen LogP contribution in [0.2, 0.25) is 0 Å². The summed E-state index contributed by atoms with van der Waals surface area (Å²) in [6, 6.07) is 2.01. The van der Waals surface area contributed by atoms with Crippen molar-refractivity contribution < 1.29 is 0 Å². The van der Waals surface area contributed by atoms with Crippen molar-refractivity contribution in [2.24, 2.45) is 0 Å². The van der Waals surface area contributed by atoms with Crippen molar-refractivity contribution in [3.63, 3.8) is 0 Å². The van der Waals surface area contributed by atoms with Crippen LogP contribution in [-0.2, 0) is 0 Å². The molecule has 0 amide bonds. The summed E-state index contributed by atoms with van der Waals surface area (Å²) in [4.78, 5) is 30.8. The second kappa shape index (κ2) is 4.76. The number of hydrogen-bond donors (Lipinski definition) is 3. The van der Waals surface area contributed by atoms with E-state index in [0.717, 1.165) is 48.5 Å². The smallest absolute Gasteiger partial charge is 0.323 e. The molecule has 4 heterocycles. The molecule has 0 bridgehead atoms. The molecule has 1 saturated heterocycles. The summed E-state index contributed by atoms with van der Waals surface area (Å²) in [5.41, 5.74) is 1.75. The summed E-state index contributed by atoms with van der Waals surface area (Å²) in [5, 5.41) is 1.06. The van der Waals surface area contributed by atoms with E-state index in [1.807, 2.05) is 12.3 Å². The number of imidazole rings is 1. The van der Waals surface area contributed by atoms with E-state index in [2.05, 4.69) is 29.8 Å². The van der Waals surface area contributed by atoms with Gasteiger partial charge in [0.25, 0.3) is 0 Å². The molecule has 0 radical (unpaired) electrons. The van der Waals surface area contributed by atoms with Crippen LogP contribution in [0.5, 0.6) is 0 Å². The second-order valence-electron chi connectivity index (χ2n) is 5.40. The molecule has 0 atom stereocenters. The van der Waals surface area contributed by atoms with E-state index in [-0.39, 0.29) is 5.69 Å². The first kappa shape index (κ1) is 12.2. The molecular formula is C14H16N6O. The Bertz CT molecular complexity index is 808. The maximum absolute atomic E-state index is 11.2. The standard InChI is InChI=1S/C14H16N6O/c21-14-16-7-11(19-14)9-2-5-20(6-3-9)13-10-1-4-15-12(10)17-8-18-13/h1,4,7-9H,2-3,5-6H2,(H,15,17,18)(H2,16,19,21). The van der Waals surface area contributed by atoms with Crippen LogP contribution in [-0.4, -0.2) is 38.0 Å². The maximum atomic E-state index is 11.2. The Morgan fingerprint density at radius 2 is 2.05 bits per heavy atom. The number of nitrogens with zero attached hydrogens (tertiary/aromatic N) is 3. The number of anilines is 1. The Labute approximate surface area is 120 Å². The van der Waals surface area contributed by atoms with Gasteiger partial charge in [0, 0.05) is 37.1 Å². The average Bonchev–Trinajstić information content (AvgIpc) is 3.15. The monoisotopic (exact) mass is 284 g/mol. The molecule has 0 unspecified atom stereocenters. The molecule has 0 spiro atoms. The minimum atomic E-state index is -0.128. The van der Waals surface area contributed by atoms with Gasteiger partial charge in [0.05, 0.1) is 5.39 Å². The van der Waals surface area contributed by atoms with Crippen LogP contribution in [0.4, 0.5) is 5.82 Å². The molecule has 3 N–H and O–H groups in total. The third-order valence-electron chi connectivity index (χ3n) is 4.18. The van der Waals surface area contributed by atoms with Gasteiger partial charge in [0.2, 0.25) is 0 Å². The first-order valence-corrected chi connectivity index (χ1v) is 7.12. The predicted octanol–water partition coefficient (Wildman–Crippen LogP) is 1.36. The fraction of sp³-hybridized carbons (Fsp3) is 0.357. The number of aromatic nitrogens is 5. The van der Waals surface area contributed by atoms with E-state index in [9.17, 15) is 4.79 Å². The lowest BCUT2D eigenvalue weighted by Gasteiger charge is -2.32. The number of fused-ring (bicyclic) bond motifs is 1. The Balaban J connectivity index is 1.55. The molecular weight excluding hydrogens is 268 g/mol. The summed E-state index contributed by atoms with van der Waals surface area (Å²) in [6.45, 7) is 1.85. The lowest BCUT2D eigenvalue weighted by atomic mass is 9.94. The van der Waals surface area contributed by atoms with Crippen molar-refractivity contribution in [3.05, 3.63) is 41.0 Å². The minimum absolute atomic E-state index is 0.128. The highest BCUT2D eigenvalue weighted by Gasteiger charge is 2.23. The zero-order chi connectivity index (χ0) is 14.2. The van der Waals surface area contributed by atoms with Crippen molar-refractivity contribution in [3.8, 4) is 0 Å². The van der Waals surface area contributed by atoms with Gasteiger partial charge >= 0.3 is 5.69 Å². The highest BCUT2D eigenvalue weighted by atomic mass is 16.1. The van der Waals surface area contributed by atoms with E-state index in [1.54, 1.807) is 12.5 Å². The maximum Gasteiger partial charge on any atom is 0.323 e. The number of piperidine rings is 1. The van der Waals surface area contributed by atoms with Crippen LogP contribution in [0.15, 0.2) is 29.6 Å². The normalized spacial score (nSPS) is 16.7. The summed E-state index contributed by atoms with van der Waals surface area (Å²) >= 11 is 0. The van der Waals surface area contributed by atoms with Crippen LogP contribution >= 0.6 is 0 Å². The first-order valence-electron chi connectivity index (χ1n) is 7.12. The number of H-pyrrole nitrogens is 3. The van der Waals surface area contributed by atoms with Crippen LogP contribution in [0, 0.1) is 0 Å². The largest absolute Gasteiger partial charge is 0.356 e. The molecule has 21 heavy (non-hydrogen) atoms. The number of nitrogens with one attached hydrogen (secondary N) is 3. The van der Waals surface area contributed by atoms with E-state index in [0.29, 0.717) is 5.92 Å². The average molecular weight is 284 g/mol. The Morgan fingerprint density at radius 1 is 1.19 bits per heavy atom. The molecule has 0 aromatic carbocycles. The van der Waals surface area contributed by atoms with Crippen LogP contribution in [0.1, 0.15) is 24.5 Å². The lowest BCUT2D eigenvalue weighted by Crippen LogP contribution is -2.33. The molecule has 108 valence electrons. The molecule has 3 aromatic rings. The van der Waals surface area contributed by atoms with Gasteiger partial charge in [-0.2, -0.15) is 0 Å². The molecule has 1 fully saturated rings. The van der Waals surface area contributed by atoms with Gasteiger partial charge in [-0.1, -0.05) is 0 Å². The van der Waals surface area contributed by atoms with Crippen molar-refractivity contribution >= 4 is 16.9 Å². The third kappa shape index (κ3) is 2.10. The van der Waals surface area contributed by atoms with Gasteiger partial charge in [-0.05, 0) is 18.9 Å². The number of aromatic amines is 3. The van der Waals surface area contributed by atoms with Crippen LogP contribution in [0.3, 0.4) is 0 Å². The fourth-order valence-electron chi connectivity index (χ4n) is 3.08. The van der Waals surface area contributed by atoms with Gasteiger partial charge in [-0.15, -0.1) is 0 Å². The SMILES string of the molecule is O=c1[nH]cc(C2CCN(c3ncnc4[nH]ccc34)CC2)[nH]1. The molecule has 7 heteroatoms. The van der Waals surface area contributed by atoms with Gasteiger partial charge in [0.15, 0.2) is 0 Å². The van der Waals surface area contributed by atoms with Crippen LogP contribution in [0.25, 0.3) is 11.0 Å². The van der Waals surface area contributed by atoms with Crippen molar-refractivity contribution in [1.29, 1.82) is 0 Å². The van der Waals surface area contributed by atoms with Gasteiger partial charge in [-0.25, -0.2) is 14.8 Å². The highest BCUT2D eigenvalue weighted by molar-refractivity contribution is 5.87. The molecule has 4 rings (SSSR count). The molecule has 3 aromatic heterocycles. The zero-order valence-electron chi connectivity index (χ0n) is 11.5. The van der Waals surface area contributed by atoms with Crippen molar-refractivity contribution in [2.75, 3.05) is 18.0 Å². The Hall–Kier alpha value is -2.57. The molecule has 0 saturated carbocycles. The van der Waals surface area contributed by atoms with Gasteiger partial charge in [0.1, 0.15) is 17.8 Å². The predicted molar refractivity (Wildman–Crippen MR) is 79.5 cm³/mol. The quantitative estimate of drug-likeness (QED) is 0.662. The van der Waals surface area contributed by atoms with Crippen molar-refractivity contribution in [2.45, 2.75) is 18.8 Å². The Morgan fingerprint density at radius 3 is 2.81 bits per heavy atom. The van der Waals surface area contributed by atoms with E-state index in [1.165, 1.54) is 0 Å². The number of rotatable bonds is 2. The minimum Gasteiger partial charge on any atom is -0.356 e. The fourth-order valence-corrected chi connectivity index (χ4v) is 3.08. The van der Waals surface area contributed by atoms with E-state index in [4.69, 9.17) is 0 Å². The zero-order valence-corrected chi connectivity index (χ0v) is 11.5. The second-order valence-corrected chi connectivity index (χ2v) is 5.40. The molecule has 7 nitrogen and oxygen atoms in total. The van der Waals surface area contributed by atoms with Gasteiger partial charge < -0.3 is 19.9 Å². The molecule has 0 aliphatic carbocycles. The summed E-state index contributed by atoms with van der Waals surface area (Å²) in [7, 11) is 0. The van der Waals surface area contributed by atoms with E-state index < -0.39 is 0 Å². The number of hydrogen-bond acceptors (Lipinski definition) is 4. The summed E-state index contributed by atoms with van der Waals surface area (Å²) in [6.07, 6.45) is 7.29. The summed E-state index contributed by atoms with van der Waals surface area (Å²) in [5.74, 6) is 1.39. The Kier molecular flexibility index (Phi) is 2.77. The first-order chi connectivity index (χ1) is 10.3. The third-order valence-corrected chi connectivity index (χ3v) is 4.18. The van der Waals surface area contributed by atoms with Crippen LogP contribution < -0.4 is 10.6 Å². The highest BCUT2D eigenvalue weighted by Crippen LogP contribution is 2.30. The molecule has 1 aliphatic rings.